The molecular weight excluding hydrogens is 398 g/mol. The van der Waals surface area contributed by atoms with E-state index < -0.39 is 0 Å². The average Bonchev–Trinajstić information content (AvgIpc) is 3.39. The van der Waals surface area contributed by atoms with Crippen LogP contribution in [0.2, 0.25) is 0 Å². The Labute approximate surface area is 184 Å². The Morgan fingerprint density at radius 2 is 0.900 bits per heavy atom. The molecule has 2 heteroatoms. The fourth-order valence-corrected chi connectivity index (χ4v) is 14.3. The van der Waals surface area contributed by atoms with E-state index in [1.54, 1.807) is 22.6 Å². The van der Waals surface area contributed by atoms with Crippen molar-refractivity contribution >= 4 is 15.8 Å². The van der Waals surface area contributed by atoms with E-state index in [1.165, 1.54) is 24.6 Å². The van der Waals surface area contributed by atoms with Crippen LogP contribution in [0.5, 0.6) is 0 Å². The zero-order chi connectivity index (χ0) is 20.3. The van der Waals surface area contributed by atoms with Gasteiger partial charge in [0, 0.05) is 0 Å². The molecule has 0 bridgehead atoms. The quantitative estimate of drug-likeness (QED) is 0.361. The van der Waals surface area contributed by atoms with Crippen molar-refractivity contribution in [2.45, 2.75) is 24.7 Å². The van der Waals surface area contributed by atoms with Crippen molar-refractivity contribution in [3.63, 3.8) is 0 Å². The Bertz CT molecular complexity index is 877. The Morgan fingerprint density at radius 1 is 0.533 bits per heavy atom. The van der Waals surface area contributed by atoms with Crippen molar-refractivity contribution in [1.82, 2.24) is 0 Å². The van der Waals surface area contributed by atoms with Crippen LogP contribution in [0, 0.1) is 5.92 Å². The van der Waals surface area contributed by atoms with Crippen LogP contribution in [0.15, 0.2) is 91.0 Å². The van der Waals surface area contributed by atoms with Gasteiger partial charge in [0.2, 0.25) is 0 Å². The third kappa shape index (κ3) is 4.42. The number of hydrogen-bond donors (Lipinski definition) is 0. The van der Waals surface area contributed by atoms with Gasteiger partial charge < -0.3 is 0 Å². The molecule has 0 aromatic heterocycles. The van der Waals surface area contributed by atoms with Crippen molar-refractivity contribution in [3.05, 3.63) is 108 Å². The van der Waals surface area contributed by atoms with E-state index in [2.05, 4.69) is 97.9 Å². The van der Waals surface area contributed by atoms with Gasteiger partial charge in [-0.05, 0) is 70.9 Å². The van der Waals surface area contributed by atoms with Gasteiger partial charge in [0.25, 0.3) is 0 Å². The molecule has 0 spiro atoms. The van der Waals surface area contributed by atoms with Gasteiger partial charge in [-0.1, -0.05) is 97.9 Å². The summed E-state index contributed by atoms with van der Waals surface area (Å²) in [4.78, 5) is 0. The molecule has 2 saturated heterocycles. The van der Waals surface area contributed by atoms with Crippen LogP contribution in [0.4, 0.5) is 0 Å². The number of hydrogen-bond acceptors (Lipinski definition) is 0. The second-order valence-corrected chi connectivity index (χ2v) is 14.5. The van der Waals surface area contributed by atoms with E-state index in [9.17, 15) is 0 Å². The first-order valence-corrected chi connectivity index (χ1v) is 15.2. The molecule has 30 heavy (non-hydrogen) atoms. The van der Waals surface area contributed by atoms with E-state index in [0.29, 0.717) is 11.8 Å². The van der Waals surface area contributed by atoms with Gasteiger partial charge >= 0.3 is 0 Å². The van der Waals surface area contributed by atoms with Crippen molar-refractivity contribution < 1.29 is 0 Å². The van der Waals surface area contributed by atoms with Crippen molar-refractivity contribution in [1.29, 1.82) is 0 Å². The number of rotatable bonds is 5. The minimum absolute atomic E-state index is 0.140. The second-order valence-electron chi connectivity index (χ2n) is 9.24. The maximum atomic E-state index is 2.50. The van der Waals surface area contributed by atoms with Crippen LogP contribution >= 0.6 is 15.8 Å². The lowest BCUT2D eigenvalue weighted by Crippen LogP contribution is -2.08. The van der Waals surface area contributed by atoms with Crippen LogP contribution in [0.3, 0.4) is 0 Å². The molecule has 0 N–H and O–H groups in total. The second kappa shape index (κ2) is 9.34. The minimum atomic E-state index is 0.140. The summed E-state index contributed by atoms with van der Waals surface area (Å²) in [7, 11) is 0.334. The van der Waals surface area contributed by atoms with Crippen molar-refractivity contribution in [2.24, 2.45) is 5.92 Å². The first kappa shape index (κ1) is 20.4. The first-order valence-electron chi connectivity index (χ1n) is 11.4. The highest BCUT2D eigenvalue weighted by Crippen LogP contribution is 2.65. The monoisotopic (exact) mass is 430 g/mol. The summed E-state index contributed by atoms with van der Waals surface area (Å²) < 4.78 is 0. The van der Waals surface area contributed by atoms with Crippen LogP contribution in [0.25, 0.3) is 0 Å². The Balaban J connectivity index is 1.31. The summed E-state index contributed by atoms with van der Waals surface area (Å²) >= 11 is 0. The molecule has 2 heterocycles. The van der Waals surface area contributed by atoms with E-state index in [-0.39, 0.29) is 15.8 Å². The molecule has 154 valence electrons. The normalized spacial score (nSPS) is 29.3. The maximum Gasteiger partial charge on any atom is -0.00503 e. The molecule has 2 aliphatic rings. The Morgan fingerprint density at radius 3 is 1.37 bits per heavy atom. The predicted molar refractivity (Wildman–Crippen MR) is 135 cm³/mol. The molecule has 0 nitrogen and oxygen atoms in total. The molecule has 0 aliphatic carbocycles. The summed E-state index contributed by atoms with van der Waals surface area (Å²) in [5, 5.41) is 0. The summed E-state index contributed by atoms with van der Waals surface area (Å²) in [6, 6.07) is 34.0. The van der Waals surface area contributed by atoms with E-state index in [0.717, 1.165) is 11.8 Å². The topological polar surface area (TPSA) is 0 Å². The summed E-state index contributed by atoms with van der Waals surface area (Å²) in [6.45, 7) is 2.50. The molecule has 5 atom stereocenters. The lowest BCUT2D eigenvalue weighted by atomic mass is 9.84. The molecule has 3 aromatic carbocycles. The highest BCUT2D eigenvalue weighted by atomic mass is 31.2. The summed E-state index contributed by atoms with van der Waals surface area (Å²) in [5.41, 5.74) is 4.70. The Hall–Kier alpha value is -1.48. The van der Waals surface area contributed by atoms with Gasteiger partial charge in [-0.3, -0.25) is 0 Å². The van der Waals surface area contributed by atoms with E-state index >= 15 is 0 Å². The predicted octanol–water partition coefficient (Wildman–Crippen LogP) is 7.92. The molecule has 1 unspecified atom stereocenters. The molecular formula is C28H32P2. The Kier molecular flexibility index (Phi) is 6.36. The van der Waals surface area contributed by atoms with E-state index in [1.807, 2.05) is 0 Å². The van der Waals surface area contributed by atoms with Crippen molar-refractivity contribution in [3.8, 4) is 0 Å². The molecule has 2 fully saturated rings. The fourth-order valence-electron chi connectivity index (χ4n) is 5.68. The van der Waals surface area contributed by atoms with Crippen LogP contribution in [0.1, 0.15) is 41.4 Å². The first-order chi connectivity index (χ1) is 14.8. The standard InChI is InChI=1S/C28H32P2/c1-22-17-29(18-26(22)23-11-5-2-6-12-23)21-30-19-27(24-13-7-3-8-14-24)28(20-30)25-15-9-4-10-16-25/h2-16,22,26-28H,17-21H2,1H3/t22-,26-,27+,28+,29?/m1/s1. The minimum Gasteiger partial charge on any atom is -0.101 e. The third-order valence-electron chi connectivity index (χ3n) is 7.17. The molecule has 0 saturated carbocycles. The average molecular weight is 431 g/mol. The maximum absolute atomic E-state index is 2.50. The lowest BCUT2D eigenvalue weighted by molar-refractivity contribution is 0.574. The van der Waals surface area contributed by atoms with Gasteiger partial charge in [0.05, 0.1) is 0 Å². The largest absolute Gasteiger partial charge is 0.101 e. The van der Waals surface area contributed by atoms with Gasteiger partial charge in [0.15, 0.2) is 0 Å². The number of benzene rings is 3. The lowest BCUT2D eigenvalue weighted by Gasteiger charge is -2.20. The zero-order valence-electron chi connectivity index (χ0n) is 17.9. The highest BCUT2D eigenvalue weighted by molar-refractivity contribution is 7.75. The van der Waals surface area contributed by atoms with E-state index in [4.69, 9.17) is 0 Å². The molecule has 0 amide bonds. The van der Waals surface area contributed by atoms with Gasteiger partial charge in [-0.2, -0.15) is 0 Å². The van der Waals surface area contributed by atoms with Crippen LogP contribution in [-0.2, 0) is 0 Å². The highest BCUT2D eigenvalue weighted by Gasteiger charge is 2.39. The molecule has 5 rings (SSSR count). The fraction of sp³-hybridized carbons (Fsp3) is 0.357. The summed E-state index contributed by atoms with van der Waals surface area (Å²) in [5.74, 6) is 4.61. The van der Waals surface area contributed by atoms with Crippen LogP contribution in [-0.4, -0.2) is 30.6 Å². The zero-order valence-corrected chi connectivity index (χ0v) is 19.7. The smallest absolute Gasteiger partial charge is 0.00503 e. The van der Waals surface area contributed by atoms with Crippen molar-refractivity contribution in [2.75, 3.05) is 30.6 Å². The van der Waals surface area contributed by atoms with Gasteiger partial charge in [-0.25, -0.2) is 0 Å². The SMILES string of the molecule is C[C@@H]1CP(CP2C[C@@H](c3ccccc3)[C@H](c3ccccc3)C2)C[C@H]1c1ccccc1. The van der Waals surface area contributed by atoms with Gasteiger partial charge in [0.1, 0.15) is 0 Å². The molecule has 0 radical (unpaired) electrons. The van der Waals surface area contributed by atoms with Gasteiger partial charge in [-0.15, -0.1) is 15.8 Å². The molecule has 3 aromatic rings. The summed E-state index contributed by atoms with van der Waals surface area (Å²) in [6.07, 6.45) is 5.81. The molecule has 2 aliphatic heterocycles. The third-order valence-corrected chi connectivity index (χ3v) is 14.2. The van der Waals surface area contributed by atoms with Crippen LogP contribution < -0.4 is 0 Å².